The maximum absolute atomic E-state index is 12.7. The highest BCUT2D eigenvalue weighted by molar-refractivity contribution is 7.91. The number of hydrogen-bond acceptors (Lipinski definition) is 8. The van der Waals surface area contributed by atoms with Gasteiger partial charge in [-0.2, -0.15) is 8.78 Å². The average Bonchev–Trinajstić information content (AvgIpc) is 3.06. The SMILES string of the molecule is O=[N+]([O-])c1cc(S(=O)(=O)C(F)F)ccc1N1CCCN(c2nccs2)CC1. The van der Waals surface area contributed by atoms with Gasteiger partial charge in [0.1, 0.15) is 5.69 Å². The lowest BCUT2D eigenvalue weighted by Gasteiger charge is -2.23. The first-order valence-electron chi connectivity index (χ1n) is 8.00. The van der Waals surface area contributed by atoms with Gasteiger partial charge >= 0.3 is 5.76 Å². The fourth-order valence-electron chi connectivity index (χ4n) is 2.92. The van der Waals surface area contributed by atoms with Crippen LogP contribution in [0.3, 0.4) is 0 Å². The van der Waals surface area contributed by atoms with E-state index in [1.807, 2.05) is 5.38 Å². The summed E-state index contributed by atoms with van der Waals surface area (Å²) in [5.74, 6) is -3.63. The van der Waals surface area contributed by atoms with E-state index in [9.17, 15) is 27.3 Å². The second kappa shape index (κ2) is 7.72. The number of anilines is 2. The molecule has 27 heavy (non-hydrogen) atoms. The van der Waals surface area contributed by atoms with Crippen molar-refractivity contribution < 1.29 is 22.1 Å². The Labute approximate surface area is 158 Å². The molecule has 8 nitrogen and oxygen atoms in total. The van der Waals surface area contributed by atoms with Crippen LogP contribution in [0.5, 0.6) is 0 Å². The molecule has 12 heteroatoms. The van der Waals surface area contributed by atoms with Crippen LogP contribution in [0.2, 0.25) is 0 Å². The maximum Gasteiger partial charge on any atom is 0.341 e. The van der Waals surface area contributed by atoms with Gasteiger partial charge in [0.05, 0.1) is 9.82 Å². The van der Waals surface area contributed by atoms with Crippen molar-refractivity contribution in [3.05, 3.63) is 39.9 Å². The second-order valence-electron chi connectivity index (χ2n) is 5.86. The zero-order valence-electron chi connectivity index (χ0n) is 14.0. The summed E-state index contributed by atoms with van der Waals surface area (Å²) in [6.45, 7) is 2.29. The quantitative estimate of drug-likeness (QED) is 0.544. The summed E-state index contributed by atoms with van der Waals surface area (Å²) in [4.78, 5) is 18.0. The third-order valence-corrected chi connectivity index (χ3v) is 6.45. The van der Waals surface area contributed by atoms with Gasteiger partial charge < -0.3 is 9.80 Å². The Morgan fingerprint density at radius 1 is 1.19 bits per heavy atom. The van der Waals surface area contributed by atoms with E-state index in [0.29, 0.717) is 32.1 Å². The lowest BCUT2D eigenvalue weighted by molar-refractivity contribution is -0.384. The predicted molar refractivity (Wildman–Crippen MR) is 97.4 cm³/mol. The van der Waals surface area contributed by atoms with E-state index in [4.69, 9.17) is 0 Å². The van der Waals surface area contributed by atoms with Gasteiger partial charge in [-0.1, -0.05) is 0 Å². The van der Waals surface area contributed by atoms with E-state index in [-0.39, 0.29) is 5.69 Å². The van der Waals surface area contributed by atoms with Crippen molar-refractivity contribution in [2.24, 2.45) is 0 Å². The summed E-state index contributed by atoms with van der Waals surface area (Å²) in [5.41, 5.74) is -0.284. The molecule has 0 N–H and O–H groups in total. The van der Waals surface area contributed by atoms with E-state index in [0.717, 1.165) is 17.7 Å². The number of nitro groups is 1. The molecule has 0 saturated carbocycles. The Morgan fingerprint density at radius 3 is 2.52 bits per heavy atom. The van der Waals surface area contributed by atoms with Crippen LogP contribution in [0.15, 0.2) is 34.7 Å². The van der Waals surface area contributed by atoms with Gasteiger partial charge in [0.15, 0.2) is 5.13 Å². The predicted octanol–water partition coefficient (Wildman–Crippen LogP) is 2.76. The van der Waals surface area contributed by atoms with Gasteiger partial charge in [0.25, 0.3) is 5.69 Å². The maximum atomic E-state index is 12.7. The third-order valence-electron chi connectivity index (χ3n) is 4.23. The molecule has 1 aliphatic heterocycles. The summed E-state index contributed by atoms with van der Waals surface area (Å²) in [5, 5.41) is 14.2. The molecule has 0 atom stereocenters. The first-order valence-corrected chi connectivity index (χ1v) is 10.4. The van der Waals surface area contributed by atoms with Crippen molar-refractivity contribution in [2.45, 2.75) is 17.1 Å². The van der Waals surface area contributed by atoms with E-state index >= 15 is 0 Å². The van der Waals surface area contributed by atoms with Crippen molar-refractivity contribution >= 4 is 37.7 Å². The standard InChI is InChI=1S/C15H16F2N4O4S2/c16-14(17)27(24,25)11-2-3-12(13(10-11)21(22)23)19-5-1-6-20(8-7-19)15-18-4-9-26-15/h2-4,9-10,14H,1,5-8H2. The summed E-state index contributed by atoms with van der Waals surface area (Å²) in [6, 6.07) is 2.93. The molecule has 1 saturated heterocycles. The van der Waals surface area contributed by atoms with Crippen molar-refractivity contribution in [1.82, 2.24) is 4.98 Å². The molecule has 1 aromatic carbocycles. The Morgan fingerprint density at radius 2 is 1.89 bits per heavy atom. The monoisotopic (exact) mass is 418 g/mol. The smallest absolute Gasteiger partial charge is 0.341 e. The van der Waals surface area contributed by atoms with Crippen LogP contribution in [0.1, 0.15) is 6.42 Å². The lowest BCUT2D eigenvalue weighted by atomic mass is 10.2. The highest BCUT2D eigenvalue weighted by Gasteiger charge is 2.31. The molecule has 1 fully saturated rings. The molecule has 2 aromatic rings. The molecule has 0 aliphatic carbocycles. The van der Waals surface area contributed by atoms with Crippen LogP contribution in [0.25, 0.3) is 0 Å². The number of alkyl halides is 2. The van der Waals surface area contributed by atoms with Gasteiger partial charge in [-0.25, -0.2) is 13.4 Å². The van der Waals surface area contributed by atoms with Gasteiger partial charge in [-0.15, -0.1) is 11.3 Å². The zero-order valence-corrected chi connectivity index (χ0v) is 15.6. The largest absolute Gasteiger partial charge is 0.364 e. The summed E-state index contributed by atoms with van der Waals surface area (Å²) >= 11 is 1.50. The molecule has 0 amide bonds. The Bertz CT molecular complexity index is 922. The minimum Gasteiger partial charge on any atom is -0.364 e. The van der Waals surface area contributed by atoms with E-state index < -0.39 is 31.1 Å². The molecule has 1 aromatic heterocycles. The summed E-state index contributed by atoms with van der Waals surface area (Å²) in [6.07, 6.45) is 2.42. The highest BCUT2D eigenvalue weighted by Crippen LogP contribution is 2.33. The molecule has 2 heterocycles. The van der Waals surface area contributed by atoms with Crippen LogP contribution in [-0.2, 0) is 9.84 Å². The number of nitro benzene ring substituents is 1. The van der Waals surface area contributed by atoms with Crippen LogP contribution in [0, 0.1) is 10.1 Å². The molecular weight excluding hydrogens is 402 g/mol. The number of nitrogens with zero attached hydrogens (tertiary/aromatic N) is 4. The normalized spacial score (nSPS) is 15.8. The first-order chi connectivity index (χ1) is 12.8. The minimum absolute atomic E-state index is 0.217. The van der Waals surface area contributed by atoms with Crippen molar-refractivity contribution in [2.75, 3.05) is 36.0 Å². The zero-order chi connectivity index (χ0) is 19.6. The summed E-state index contributed by atoms with van der Waals surface area (Å²) in [7, 11) is -4.90. The number of hydrogen-bond donors (Lipinski definition) is 0. The Hall–Kier alpha value is -2.34. The van der Waals surface area contributed by atoms with Crippen LogP contribution in [-0.4, -0.2) is 50.3 Å². The Kier molecular flexibility index (Phi) is 5.56. The van der Waals surface area contributed by atoms with E-state index in [1.54, 1.807) is 11.1 Å². The van der Waals surface area contributed by atoms with Crippen molar-refractivity contribution in [1.29, 1.82) is 0 Å². The van der Waals surface area contributed by atoms with Gasteiger partial charge in [-0.3, -0.25) is 10.1 Å². The number of halogens is 2. The average molecular weight is 418 g/mol. The van der Waals surface area contributed by atoms with E-state index in [1.165, 1.54) is 17.4 Å². The van der Waals surface area contributed by atoms with Gasteiger partial charge in [-0.05, 0) is 18.6 Å². The van der Waals surface area contributed by atoms with Crippen LogP contribution >= 0.6 is 11.3 Å². The molecule has 1 aliphatic rings. The van der Waals surface area contributed by atoms with E-state index in [2.05, 4.69) is 9.88 Å². The van der Waals surface area contributed by atoms with Crippen LogP contribution < -0.4 is 9.80 Å². The number of benzene rings is 1. The number of rotatable bonds is 5. The molecule has 146 valence electrons. The fraction of sp³-hybridized carbons (Fsp3) is 0.400. The first kappa shape index (κ1) is 19.4. The van der Waals surface area contributed by atoms with Crippen LogP contribution in [0.4, 0.5) is 25.3 Å². The van der Waals surface area contributed by atoms with Crippen molar-refractivity contribution in [3.63, 3.8) is 0 Å². The number of thiazole rings is 1. The highest BCUT2D eigenvalue weighted by atomic mass is 32.2. The number of aromatic nitrogens is 1. The van der Waals surface area contributed by atoms with Crippen molar-refractivity contribution in [3.8, 4) is 0 Å². The topological polar surface area (TPSA) is 96.6 Å². The molecule has 0 radical (unpaired) electrons. The molecule has 0 bridgehead atoms. The second-order valence-corrected chi connectivity index (χ2v) is 8.65. The van der Waals surface area contributed by atoms with Gasteiger partial charge in [0.2, 0.25) is 9.84 Å². The molecule has 0 spiro atoms. The minimum atomic E-state index is -4.90. The lowest BCUT2D eigenvalue weighted by Crippen LogP contribution is -2.31. The fourth-order valence-corrected chi connectivity index (χ4v) is 4.35. The molecular formula is C15H16F2N4O4S2. The Balaban J connectivity index is 1.89. The molecule has 3 rings (SSSR count). The number of sulfone groups is 1. The van der Waals surface area contributed by atoms with Gasteiger partial charge in [0, 0.05) is 43.8 Å². The molecule has 0 unspecified atom stereocenters. The third kappa shape index (κ3) is 4.00. The summed E-state index contributed by atoms with van der Waals surface area (Å²) < 4.78 is 48.7.